The van der Waals surface area contributed by atoms with Crippen LogP contribution in [0.15, 0.2) is 22.7 Å². The highest BCUT2D eigenvalue weighted by Crippen LogP contribution is 2.20. The van der Waals surface area contributed by atoms with E-state index in [9.17, 15) is 9.59 Å². The number of benzene rings is 1. The third-order valence-corrected chi connectivity index (χ3v) is 4.46. The van der Waals surface area contributed by atoms with E-state index >= 15 is 0 Å². The molecule has 1 amide bonds. The molecule has 0 aliphatic carbocycles. The third kappa shape index (κ3) is 6.11. The number of carboxylic acid groups (broad SMARTS) is 1. The summed E-state index contributed by atoms with van der Waals surface area (Å²) in [5, 5.41) is 11.3. The molecule has 0 aromatic heterocycles. The first kappa shape index (κ1) is 16.0. The van der Waals surface area contributed by atoms with Gasteiger partial charge in [0.15, 0.2) is 0 Å². The zero-order valence-electron chi connectivity index (χ0n) is 10.8. The fourth-order valence-corrected chi connectivity index (χ4v) is 2.46. The Hall–Kier alpha value is -1.01. The smallest absolute Gasteiger partial charge is 0.304 e. The molecule has 1 unspecified atom stereocenters. The van der Waals surface area contributed by atoms with Crippen LogP contribution in [0.2, 0.25) is 0 Å². The van der Waals surface area contributed by atoms with Crippen molar-refractivity contribution in [1.29, 1.82) is 0 Å². The summed E-state index contributed by atoms with van der Waals surface area (Å²) < 4.78 is 0.995. The van der Waals surface area contributed by atoms with E-state index in [2.05, 4.69) is 21.2 Å². The fourth-order valence-electron chi connectivity index (χ4n) is 1.44. The zero-order valence-corrected chi connectivity index (χ0v) is 13.2. The van der Waals surface area contributed by atoms with Crippen molar-refractivity contribution in [2.75, 3.05) is 11.1 Å². The van der Waals surface area contributed by atoms with Gasteiger partial charge < -0.3 is 10.4 Å². The van der Waals surface area contributed by atoms with E-state index in [1.807, 2.05) is 25.1 Å². The van der Waals surface area contributed by atoms with Crippen LogP contribution >= 0.6 is 27.7 Å². The van der Waals surface area contributed by atoms with Gasteiger partial charge in [0, 0.05) is 15.4 Å². The van der Waals surface area contributed by atoms with Gasteiger partial charge in [-0.05, 0) is 30.7 Å². The zero-order chi connectivity index (χ0) is 14.4. The lowest BCUT2D eigenvalue weighted by Gasteiger charge is -2.09. The van der Waals surface area contributed by atoms with Gasteiger partial charge in [-0.25, -0.2) is 0 Å². The van der Waals surface area contributed by atoms with Crippen LogP contribution < -0.4 is 5.32 Å². The first-order chi connectivity index (χ1) is 8.88. The number of nitrogens with one attached hydrogen (secondary N) is 1. The Bertz CT molecular complexity index is 479. The average molecular weight is 346 g/mol. The van der Waals surface area contributed by atoms with Crippen LogP contribution in [-0.4, -0.2) is 28.0 Å². The quantitative estimate of drug-likeness (QED) is 0.830. The van der Waals surface area contributed by atoms with E-state index in [-0.39, 0.29) is 23.3 Å². The van der Waals surface area contributed by atoms with Gasteiger partial charge in [-0.3, -0.25) is 9.59 Å². The molecule has 0 aliphatic heterocycles. The number of hydrogen-bond acceptors (Lipinski definition) is 3. The van der Waals surface area contributed by atoms with E-state index < -0.39 is 5.97 Å². The Morgan fingerprint density at radius 1 is 1.47 bits per heavy atom. The summed E-state index contributed by atoms with van der Waals surface area (Å²) in [6.45, 7) is 3.75. The predicted molar refractivity (Wildman–Crippen MR) is 81.7 cm³/mol. The number of rotatable bonds is 6. The minimum absolute atomic E-state index is 0.0648. The molecule has 104 valence electrons. The van der Waals surface area contributed by atoms with Crippen molar-refractivity contribution in [3.63, 3.8) is 0 Å². The first-order valence-corrected chi connectivity index (χ1v) is 7.62. The summed E-state index contributed by atoms with van der Waals surface area (Å²) in [6, 6.07) is 5.58. The molecular weight excluding hydrogens is 330 g/mol. The number of aryl methyl sites for hydroxylation is 1. The number of carboxylic acids is 1. The molecule has 0 spiro atoms. The van der Waals surface area contributed by atoms with Crippen LogP contribution in [-0.2, 0) is 9.59 Å². The van der Waals surface area contributed by atoms with Crippen molar-refractivity contribution in [2.45, 2.75) is 25.5 Å². The average Bonchev–Trinajstić information content (AvgIpc) is 2.30. The number of aliphatic carboxylic acids is 1. The summed E-state index contributed by atoms with van der Waals surface area (Å²) >= 11 is 4.73. The molecule has 1 atom stereocenters. The number of halogens is 1. The van der Waals surface area contributed by atoms with E-state index in [1.54, 1.807) is 6.92 Å². The van der Waals surface area contributed by atoms with Crippen molar-refractivity contribution in [3.05, 3.63) is 28.2 Å². The van der Waals surface area contributed by atoms with Crippen molar-refractivity contribution in [2.24, 2.45) is 0 Å². The fraction of sp³-hybridized carbons (Fsp3) is 0.385. The lowest BCUT2D eigenvalue weighted by Crippen LogP contribution is -2.17. The molecule has 6 heteroatoms. The van der Waals surface area contributed by atoms with E-state index in [4.69, 9.17) is 5.11 Å². The van der Waals surface area contributed by atoms with Crippen molar-refractivity contribution >= 4 is 45.3 Å². The molecule has 1 aromatic carbocycles. The largest absolute Gasteiger partial charge is 0.481 e. The number of amides is 1. The normalized spacial score (nSPS) is 11.9. The maximum Gasteiger partial charge on any atom is 0.304 e. The van der Waals surface area contributed by atoms with Gasteiger partial charge in [0.05, 0.1) is 12.2 Å². The van der Waals surface area contributed by atoms with Crippen molar-refractivity contribution in [1.82, 2.24) is 0 Å². The van der Waals surface area contributed by atoms with E-state index in [0.29, 0.717) is 0 Å². The molecule has 4 nitrogen and oxygen atoms in total. The Balaban J connectivity index is 2.42. The molecule has 0 bridgehead atoms. The van der Waals surface area contributed by atoms with Gasteiger partial charge >= 0.3 is 5.97 Å². The van der Waals surface area contributed by atoms with Gasteiger partial charge in [0.2, 0.25) is 5.91 Å². The second kappa shape index (κ2) is 7.55. The van der Waals surface area contributed by atoms with Gasteiger partial charge in [0.25, 0.3) is 0 Å². The summed E-state index contributed by atoms with van der Waals surface area (Å²) in [5.74, 6) is -0.711. The molecule has 1 aromatic rings. The lowest BCUT2D eigenvalue weighted by atomic mass is 10.2. The summed E-state index contributed by atoms with van der Waals surface area (Å²) in [4.78, 5) is 22.2. The van der Waals surface area contributed by atoms with Gasteiger partial charge in [-0.15, -0.1) is 11.8 Å². The van der Waals surface area contributed by atoms with Crippen molar-refractivity contribution in [3.8, 4) is 0 Å². The second-order valence-electron chi connectivity index (χ2n) is 4.23. The number of anilines is 1. The molecule has 0 radical (unpaired) electrons. The van der Waals surface area contributed by atoms with Gasteiger partial charge in [0.1, 0.15) is 0 Å². The highest BCUT2D eigenvalue weighted by Gasteiger charge is 2.11. The molecule has 1 rings (SSSR count). The number of thioether (sulfide) groups is 1. The third-order valence-electron chi connectivity index (χ3n) is 2.40. The summed E-state index contributed by atoms with van der Waals surface area (Å²) in [6.07, 6.45) is 0.0648. The number of carbonyl (C=O) groups is 2. The van der Waals surface area contributed by atoms with Crippen molar-refractivity contribution < 1.29 is 14.7 Å². The molecule has 0 saturated carbocycles. The standard InChI is InChI=1S/C13H16BrNO3S/c1-8-5-10(3-4-11(8)14)15-12(16)7-19-9(2)6-13(17)18/h3-5,9H,6-7H2,1-2H3,(H,15,16)(H,17,18). The molecule has 0 heterocycles. The predicted octanol–water partition coefficient (Wildman–Crippen LogP) is 3.29. The van der Waals surface area contributed by atoms with E-state index in [1.165, 1.54) is 11.8 Å². The Morgan fingerprint density at radius 3 is 2.74 bits per heavy atom. The molecule has 0 saturated heterocycles. The highest BCUT2D eigenvalue weighted by molar-refractivity contribution is 9.10. The lowest BCUT2D eigenvalue weighted by molar-refractivity contribution is -0.136. The Labute approximate surface area is 125 Å². The highest BCUT2D eigenvalue weighted by atomic mass is 79.9. The molecule has 0 aliphatic rings. The SMILES string of the molecule is Cc1cc(NC(=O)CSC(C)CC(=O)O)ccc1Br. The maximum atomic E-state index is 11.7. The number of hydrogen-bond donors (Lipinski definition) is 2. The second-order valence-corrected chi connectivity index (χ2v) is 6.51. The minimum atomic E-state index is -0.844. The number of carbonyl (C=O) groups excluding carboxylic acids is 1. The Morgan fingerprint density at radius 2 is 2.16 bits per heavy atom. The first-order valence-electron chi connectivity index (χ1n) is 5.78. The van der Waals surface area contributed by atoms with Crippen LogP contribution in [0.3, 0.4) is 0 Å². The van der Waals surface area contributed by atoms with Crippen LogP contribution in [0.4, 0.5) is 5.69 Å². The molecule has 19 heavy (non-hydrogen) atoms. The van der Waals surface area contributed by atoms with Crippen LogP contribution in [0, 0.1) is 6.92 Å². The molecular formula is C13H16BrNO3S. The molecule has 2 N–H and O–H groups in total. The van der Waals surface area contributed by atoms with Crippen LogP contribution in [0.1, 0.15) is 18.9 Å². The Kier molecular flexibility index (Phi) is 6.37. The minimum Gasteiger partial charge on any atom is -0.481 e. The van der Waals surface area contributed by atoms with Crippen LogP contribution in [0.25, 0.3) is 0 Å². The van der Waals surface area contributed by atoms with Gasteiger partial charge in [-0.2, -0.15) is 0 Å². The topological polar surface area (TPSA) is 66.4 Å². The monoisotopic (exact) mass is 345 g/mol. The van der Waals surface area contributed by atoms with E-state index in [0.717, 1.165) is 15.7 Å². The maximum absolute atomic E-state index is 11.7. The van der Waals surface area contributed by atoms with Crippen LogP contribution in [0.5, 0.6) is 0 Å². The summed E-state index contributed by atoms with van der Waals surface area (Å²) in [7, 11) is 0. The summed E-state index contributed by atoms with van der Waals surface area (Å²) in [5.41, 5.74) is 1.79. The molecule has 0 fully saturated rings. The van der Waals surface area contributed by atoms with Gasteiger partial charge in [-0.1, -0.05) is 22.9 Å².